The molecule has 4 rings (SSSR count). The second kappa shape index (κ2) is 8.43. The van der Waals surface area contributed by atoms with Gasteiger partial charge < -0.3 is 9.72 Å². The average Bonchev–Trinajstić information content (AvgIpc) is 3.10. The van der Waals surface area contributed by atoms with Crippen molar-refractivity contribution < 1.29 is 17.9 Å². The van der Waals surface area contributed by atoms with Crippen LogP contribution in [0.5, 0.6) is 11.8 Å². The molecular formula is C21H22F3N5O. The van der Waals surface area contributed by atoms with Crippen LogP contribution < -0.4 is 4.74 Å². The number of aromatic amines is 1. The smallest absolute Gasteiger partial charge is 0.401 e. The summed E-state index contributed by atoms with van der Waals surface area (Å²) in [7, 11) is 0. The quantitative estimate of drug-likeness (QED) is 0.651. The standard InChI is InChI=1S/C21H22F3N5O/c1-14-18(16-11-25-20(26-12-16)30-17-5-3-2-4-6-17)28-19(27-14)15-7-9-29(10-8-15)13-21(22,23)24/h2-6,11-12,15H,7-10,13H2,1H3,(H,27,28). The van der Waals surface area contributed by atoms with Gasteiger partial charge in [0.1, 0.15) is 11.6 Å². The van der Waals surface area contributed by atoms with E-state index >= 15 is 0 Å². The van der Waals surface area contributed by atoms with Crippen molar-refractivity contribution in [2.75, 3.05) is 19.6 Å². The maximum absolute atomic E-state index is 12.6. The Morgan fingerprint density at radius 1 is 1.10 bits per heavy atom. The molecule has 0 atom stereocenters. The summed E-state index contributed by atoms with van der Waals surface area (Å²) in [6.45, 7) is 1.89. The van der Waals surface area contributed by atoms with Crippen LogP contribution in [0.1, 0.15) is 30.3 Å². The number of aryl methyl sites for hydroxylation is 1. The molecule has 0 bridgehead atoms. The SMILES string of the molecule is Cc1[nH]c(C2CCN(CC(F)(F)F)CC2)nc1-c1cnc(Oc2ccccc2)nc1. The highest BCUT2D eigenvalue weighted by Crippen LogP contribution is 2.31. The number of benzene rings is 1. The first-order valence-corrected chi connectivity index (χ1v) is 9.78. The predicted octanol–water partition coefficient (Wildman–Crippen LogP) is 4.71. The highest BCUT2D eigenvalue weighted by atomic mass is 19.4. The zero-order chi connectivity index (χ0) is 21.1. The number of aromatic nitrogens is 4. The molecule has 1 fully saturated rings. The molecule has 1 aliphatic heterocycles. The van der Waals surface area contributed by atoms with Gasteiger partial charge >= 0.3 is 12.2 Å². The minimum absolute atomic E-state index is 0.114. The highest BCUT2D eigenvalue weighted by Gasteiger charge is 2.33. The van der Waals surface area contributed by atoms with Gasteiger partial charge in [-0.15, -0.1) is 0 Å². The van der Waals surface area contributed by atoms with Crippen molar-refractivity contribution in [1.82, 2.24) is 24.8 Å². The number of imidazole rings is 1. The molecule has 9 heteroatoms. The Bertz CT molecular complexity index is 965. The number of rotatable bonds is 5. The Kier molecular flexibility index (Phi) is 5.72. The molecule has 3 heterocycles. The summed E-state index contributed by atoms with van der Waals surface area (Å²) in [5.41, 5.74) is 2.38. The Balaban J connectivity index is 1.42. The number of hydrogen-bond donors (Lipinski definition) is 1. The van der Waals surface area contributed by atoms with Crippen molar-refractivity contribution in [2.24, 2.45) is 0 Å². The van der Waals surface area contributed by atoms with E-state index in [0.29, 0.717) is 31.7 Å². The molecule has 0 radical (unpaired) electrons. The van der Waals surface area contributed by atoms with E-state index in [1.807, 2.05) is 37.3 Å². The summed E-state index contributed by atoms with van der Waals surface area (Å²) in [6.07, 6.45) is 0.442. The van der Waals surface area contributed by atoms with E-state index in [2.05, 4.69) is 15.0 Å². The number of piperidine rings is 1. The van der Waals surface area contributed by atoms with Gasteiger partial charge in [-0.3, -0.25) is 4.90 Å². The number of nitrogens with one attached hydrogen (secondary N) is 1. The first-order valence-electron chi connectivity index (χ1n) is 9.78. The van der Waals surface area contributed by atoms with Crippen LogP contribution in [0.15, 0.2) is 42.7 Å². The molecule has 6 nitrogen and oxygen atoms in total. The van der Waals surface area contributed by atoms with E-state index in [0.717, 1.165) is 22.8 Å². The molecule has 1 aliphatic rings. The zero-order valence-corrected chi connectivity index (χ0v) is 16.5. The first kappa shape index (κ1) is 20.3. The predicted molar refractivity (Wildman–Crippen MR) is 105 cm³/mol. The van der Waals surface area contributed by atoms with Crippen LogP contribution in [-0.4, -0.2) is 50.6 Å². The molecular weight excluding hydrogens is 395 g/mol. The molecule has 1 aromatic carbocycles. The maximum Gasteiger partial charge on any atom is 0.401 e. The topological polar surface area (TPSA) is 66.9 Å². The van der Waals surface area contributed by atoms with E-state index in [9.17, 15) is 13.2 Å². The van der Waals surface area contributed by atoms with E-state index in [1.54, 1.807) is 12.4 Å². The second-order valence-corrected chi connectivity index (χ2v) is 7.43. The third-order valence-corrected chi connectivity index (χ3v) is 5.13. The lowest BCUT2D eigenvalue weighted by Crippen LogP contribution is -2.39. The molecule has 2 aromatic heterocycles. The fourth-order valence-electron chi connectivity index (χ4n) is 3.66. The minimum Gasteiger partial charge on any atom is -0.424 e. The Hall–Kier alpha value is -2.94. The first-order chi connectivity index (χ1) is 14.4. The van der Waals surface area contributed by atoms with Gasteiger partial charge in [-0.25, -0.2) is 15.0 Å². The number of nitrogens with zero attached hydrogens (tertiary/aromatic N) is 4. The summed E-state index contributed by atoms with van der Waals surface area (Å²) in [6, 6.07) is 9.52. The summed E-state index contributed by atoms with van der Waals surface area (Å²) < 4.78 is 43.3. The number of alkyl halides is 3. The molecule has 0 unspecified atom stereocenters. The average molecular weight is 417 g/mol. The van der Waals surface area contributed by atoms with Crippen molar-refractivity contribution in [1.29, 1.82) is 0 Å². The van der Waals surface area contributed by atoms with Gasteiger partial charge in [-0.05, 0) is 45.0 Å². The van der Waals surface area contributed by atoms with Crippen LogP contribution >= 0.6 is 0 Å². The summed E-state index contributed by atoms with van der Waals surface area (Å²) >= 11 is 0. The number of likely N-dealkylation sites (tertiary alicyclic amines) is 1. The van der Waals surface area contributed by atoms with Crippen molar-refractivity contribution in [2.45, 2.75) is 31.9 Å². The molecule has 1 saturated heterocycles. The molecule has 0 spiro atoms. The largest absolute Gasteiger partial charge is 0.424 e. The lowest BCUT2D eigenvalue weighted by atomic mass is 9.96. The molecule has 0 amide bonds. The Morgan fingerprint density at radius 3 is 2.40 bits per heavy atom. The van der Waals surface area contributed by atoms with Crippen LogP contribution in [-0.2, 0) is 0 Å². The van der Waals surface area contributed by atoms with E-state index < -0.39 is 12.7 Å². The van der Waals surface area contributed by atoms with Gasteiger partial charge in [-0.1, -0.05) is 18.2 Å². The molecule has 158 valence electrons. The van der Waals surface area contributed by atoms with Crippen molar-refractivity contribution in [3.63, 3.8) is 0 Å². The number of H-pyrrole nitrogens is 1. The van der Waals surface area contributed by atoms with Crippen LogP contribution in [0.25, 0.3) is 11.3 Å². The lowest BCUT2D eigenvalue weighted by Gasteiger charge is -2.31. The van der Waals surface area contributed by atoms with Gasteiger partial charge in [0.25, 0.3) is 0 Å². The molecule has 30 heavy (non-hydrogen) atoms. The van der Waals surface area contributed by atoms with Gasteiger partial charge in [0.2, 0.25) is 0 Å². The highest BCUT2D eigenvalue weighted by molar-refractivity contribution is 5.60. The van der Waals surface area contributed by atoms with Crippen molar-refractivity contribution in [3.8, 4) is 23.0 Å². The lowest BCUT2D eigenvalue weighted by molar-refractivity contribution is -0.148. The Labute approximate surface area is 172 Å². The second-order valence-electron chi connectivity index (χ2n) is 7.43. The van der Waals surface area contributed by atoms with E-state index in [-0.39, 0.29) is 11.9 Å². The van der Waals surface area contributed by atoms with Crippen LogP contribution in [0.4, 0.5) is 13.2 Å². The van der Waals surface area contributed by atoms with Crippen LogP contribution in [0, 0.1) is 6.92 Å². The minimum atomic E-state index is -4.16. The van der Waals surface area contributed by atoms with Gasteiger partial charge in [0.05, 0.1) is 12.2 Å². The summed E-state index contributed by atoms with van der Waals surface area (Å²) in [4.78, 5) is 18.0. The van der Waals surface area contributed by atoms with Gasteiger partial charge in [0, 0.05) is 29.6 Å². The van der Waals surface area contributed by atoms with Crippen LogP contribution in [0.2, 0.25) is 0 Å². The number of para-hydroxylation sites is 1. The van der Waals surface area contributed by atoms with Gasteiger partial charge in [-0.2, -0.15) is 13.2 Å². The maximum atomic E-state index is 12.6. The molecule has 0 saturated carbocycles. The summed E-state index contributed by atoms with van der Waals surface area (Å²) in [5, 5.41) is 0. The van der Waals surface area contributed by atoms with Crippen LogP contribution in [0.3, 0.4) is 0 Å². The Morgan fingerprint density at radius 2 is 1.77 bits per heavy atom. The normalized spacial score (nSPS) is 16.0. The molecule has 0 aliphatic carbocycles. The van der Waals surface area contributed by atoms with E-state index in [4.69, 9.17) is 9.72 Å². The number of halogens is 3. The number of ether oxygens (including phenoxy) is 1. The third-order valence-electron chi connectivity index (χ3n) is 5.13. The fraction of sp³-hybridized carbons (Fsp3) is 0.381. The molecule has 1 N–H and O–H groups in total. The summed E-state index contributed by atoms with van der Waals surface area (Å²) in [5.74, 6) is 1.57. The monoisotopic (exact) mass is 417 g/mol. The molecule has 3 aromatic rings. The van der Waals surface area contributed by atoms with Crippen molar-refractivity contribution in [3.05, 3.63) is 54.2 Å². The fourth-order valence-corrected chi connectivity index (χ4v) is 3.66. The van der Waals surface area contributed by atoms with E-state index in [1.165, 1.54) is 4.90 Å². The number of hydrogen-bond acceptors (Lipinski definition) is 5. The zero-order valence-electron chi connectivity index (χ0n) is 16.5. The third kappa shape index (κ3) is 4.96. The van der Waals surface area contributed by atoms with Crippen molar-refractivity contribution >= 4 is 0 Å². The van der Waals surface area contributed by atoms with Gasteiger partial charge in [0.15, 0.2) is 0 Å².